The highest BCUT2D eigenvalue weighted by molar-refractivity contribution is 5.37. The fourth-order valence-electron chi connectivity index (χ4n) is 2.83. The van der Waals surface area contributed by atoms with E-state index >= 15 is 0 Å². The first-order valence-corrected chi connectivity index (χ1v) is 7.12. The first-order valence-electron chi connectivity index (χ1n) is 7.12. The molecular weight excluding hydrogens is 224 g/mol. The van der Waals surface area contributed by atoms with Gasteiger partial charge in [0.25, 0.3) is 0 Å². The number of hydrogen-bond donors (Lipinski definition) is 1. The minimum Gasteiger partial charge on any atom is -0.493 e. The molecule has 18 heavy (non-hydrogen) atoms. The molecule has 1 N–H and O–H groups in total. The third kappa shape index (κ3) is 3.05. The molecule has 0 aromatic heterocycles. The Morgan fingerprint density at radius 1 is 1.39 bits per heavy atom. The third-order valence-electron chi connectivity index (χ3n) is 4.01. The molecule has 0 saturated carbocycles. The molecule has 1 aliphatic heterocycles. The fourth-order valence-corrected chi connectivity index (χ4v) is 2.83. The van der Waals surface area contributed by atoms with Crippen LogP contribution in [0.5, 0.6) is 5.75 Å². The van der Waals surface area contributed by atoms with Gasteiger partial charge in [-0.15, -0.1) is 0 Å². The van der Waals surface area contributed by atoms with Gasteiger partial charge in [-0.05, 0) is 42.7 Å². The lowest BCUT2D eigenvalue weighted by Gasteiger charge is -2.29. The highest BCUT2D eigenvalue weighted by Crippen LogP contribution is 2.37. The maximum atomic E-state index is 10.3. The average Bonchev–Trinajstić information content (AvgIpc) is 2.39. The number of aliphatic hydroxyl groups is 1. The Labute approximate surface area is 110 Å². The van der Waals surface area contributed by atoms with Crippen LogP contribution in [0.25, 0.3) is 0 Å². The number of ether oxygens (including phenoxy) is 1. The molecule has 100 valence electrons. The Bertz CT molecular complexity index is 375. The van der Waals surface area contributed by atoms with Crippen molar-refractivity contribution in [2.75, 3.05) is 6.61 Å². The maximum Gasteiger partial charge on any atom is 0.122 e. The Balaban J connectivity index is 2.02. The number of fused-ring (bicyclic) bond motifs is 1. The van der Waals surface area contributed by atoms with E-state index in [0.717, 1.165) is 38.0 Å². The van der Waals surface area contributed by atoms with E-state index in [1.807, 2.05) is 12.1 Å². The van der Waals surface area contributed by atoms with Crippen LogP contribution in [0.3, 0.4) is 0 Å². The first-order chi connectivity index (χ1) is 8.72. The van der Waals surface area contributed by atoms with Gasteiger partial charge >= 0.3 is 0 Å². The normalized spacial score (nSPS) is 21.8. The Morgan fingerprint density at radius 2 is 2.17 bits per heavy atom. The molecule has 0 fully saturated rings. The number of aliphatic hydroxyl groups excluding tert-OH is 1. The largest absolute Gasteiger partial charge is 0.493 e. The molecule has 1 heterocycles. The van der Waals surface area contributed by atoms with Crippen molar-refractivity contribution in [2.45, 2.75) is 51.6 Å². The predicted octanol–water partition coefficient (Wildman–Crippen LogP) is 3.74. The van der Waals surface area contributed by atoms with Crippen LogP contribution in [0.15, 0.2) is 24.3 Å². The van der Waals surface area contributed by atoms with Crippen molar-refractivity contribution in [3.05, 3.63) is 29.8 Å². The highest BCUT2D eigenvalue weighted by atomic mass is 16.5. The second kappa shape index (κ2) is 6.24. The van der Waals surface area contributed by atoms with Gasteiger partial charge in [-0.3, -0.25) is 0 Å². The summed E-state index contributed by atoms with van der Waals surface area (Å²) in [6.07, 6.45) is 3.93. The molecule has 0 aliphatic carbocycles. The lowest BCUT2D eigenvalue weighted by molar-refractivity contribution is 0.0887. The summed E-state index contributed by atoms with van der Waals surface area (Å²) in [4.78, 5) is 0. The smallest absolute Gasteiger partial charge is 0.122 e. The fraction of sp³-hybridized carbons (Fsp3) is 0.625. The van der Waals surface area contributed by atoms with Gasteiger partial charge in [-0.1, -0.05) is 38.5 Å². The summed E-state index contributed by atoms with van der Waals surface area (Å²) in [5.74, 6) is 1.85. The van der Waals surface area contributed by atoms with Crippen molar-refractivity contribution in [1.29, 1.82) is 0 Å². The standard InChI is InChI=1S/C16H24O2/c1-3-6-12(2)15(17)11-13-9-10-18-16-8-5-4-7-14(13)16/h4-5,7-8,12-13,15,17H,3,6,9-11H2,1-2H3. The lowest BCUT2D eigenvalue weighted by Crippen LogP contribution is -2.23. The van der Waals surface area contributed by atoms with E-state index in [2.05, 4.69) is 26.0 Å². The van der Waals surface area contributed by atoms with Crippen molar-refractivity contribution < 1.29 is 9.84 Å². The predicted molar refractivity (Wildman–Crippen MR) is 74.0 cm³/mol. The molecule has 2 rings (SSSR count). The van der Waals surface area contributed by atoms with E-state index in [0.29, 0.717) is 11.8 Å². The van der Waals surface area contributed by atoms with Crippen LogP contribution in [0.1, 0.15) is 51.0 Å². The molecule has 0 bridgehead atoms. The van der Waals surface area contributed by atoms with Gasteiger partial charge in [0, 0.05) is 0 Å². The van der Waals surface area contributed by atoms with Crippen molar-refractivity contribution in [3.8, 4) is 5.75 Å². The summed E-state index contributed by atoms with van der Waals surface area (Å²) in [6, 6.07) is 8.24. The van der Waals surface area contributed by atoms with E-state index in [1.165, 1.54) is 5.56 Å². The van der Waals surface area contributed by atoms with Gasteiger partial charge in [0.15, 0.2) is 0 Å². The summed E-state index contributed by atoms with van der Waals surface area (Å²) < 4.78 is 5.66. The highest BCUT2D eigenvalue weighted by Gasteiger charge is 2.25. The van der Waals surface area contributed by atoms with Gasteiger partial charge in [0.1, 0.15) is 5.75 Å². The molecule has 0 spiro atoms. The molecule has 3 atom stereocenters. The molecule has 0 radical (unpaired) electrons. The van der Waals surface area contributed by atoms with E-state index in [9.17, 15) is 5.11 Å². The Hall–Kier alpha value is -1.02. The first kappa shape index (κ1) is 13.4. The molecule has 3 unspecified atom stereocenters. The molecule has 0 saturated heterocycles. The van der Waals surface area contributed by atoms with Crippen LogP contribution in [0.2, 0.25) is 0 Å². The van der Waals surface area contributed by atoms with Crippen LogP contribution >= 0.6 is 0 Å². The zero-order chi connectivity index (χ0) is 13.0. The summed E-state index contributed by atoms with van der Waals surface area (Å²) >= 11 is 0. The zero-order valence-electron chi connectivity index (χ0n) is 11.4. The van der Waals surface area contributed by atoms with Gasteiger partial charge < -0.3 is 9.84 Å². The minimum atomic E-state index is -0.193. The summed E-state index contributed by atoms with van der Waals surface area (Å²) in [6.45, 7) is 5.10. The molecule has 1 aliphatic rings. The summed E-state index contributed by atoms with van der Waals surface area (Å²) in [5, 5.41) is 10.3. The molecule has 2 nitrogen and oxygen atoms in total. The van der Waals surface area contributed by atoms with Crippen molar-refractivity contribution in [2.24, 2.45) is 5.92 Å². The van der Waals surface area contributed by atoms with Crippen molar-refractivity contribution >= 4 is 0 Å². The van der Waals surface area contributed by atoms with Crippen LogP contribution in [0.4, 0.5) is 0 Å². The van der Waals surface area contributed by atoms with Gasteiger partial charge in [-0.25, -0.2) is 0 Å². The molecule has 1 aromatic carbocycles. The van der Waals surface area contributed by atoms with Crippen LogP contribution in [-0.2, 0) is 0 Å². The van der Waals surface area contributed by atoms with Crippen LogP contribution in [0, 0.1) is 5.92 Å². The molecule has 0 amide bonds. The van der Waals surface area contributed by atoms with E-state index < -0.39 is 0 Å². The number of benzene rings is 1. The van der Waals surface area contributed by atoms with Crippen molar-refractivity contribution in [1.82, 2.24) is 0 Å². The average molecular weight is 248 g/mol. The van der Waals surface area contributed by atoms with Gasteiger partial charge in [-0.2, -0.15) is 0 Å². The van der Waals surface area contributed by atoms with Gasteiger partial charge in [0.05, 0.1) is 12.7 Å². The van der Waals surface area contributed by atoms with E-state index in [1.54, 1.807) is 0 Å². The SMILES string of the molecule is CCCC(C)C(O)CC1CCOc2ccccc21. The number of para-hydroxylation sites is 1. The van der Waals surface area contributed by atoms with Crippen LogP contribution in [-0.4, -0.2) is 17.8 Å². The Kier molecular flexibility index (Phi) is 4.65. The molecule has 1 aromatic rings. The number of rotatable bonds is 5. The van der Waals surface area contributed by atoms with Crippen molar-refractivity contribution in [3.63, 3.8) is 0 Å². The summed E-state index contributed by atoms with van der Waals surface area (Å²) in [7, 11) is 0. The molecular formula is C16H24O2. The monoisotopic (exact) mass is 248 g/mol. The summed E-state index contributed by atoms with van der Waals surface area (Å²) in [5.41, 5.74) is 1.27. The lowest BCUT2D eigenvalue weighted by atomic mass is 9.84. The third-order valence-corrected chi connectivity index (χ3v) is 4.01. The zero-order valence-corrected chi connectivity index (χ0v) is 11.4. The molecule has 2 heteroatoms. The van der Waals surface area contributed by atoms with E-state index in [-0.39, 0.29) is 6.10 Å². The van der Waals surface area contributed by atoms with E-state index in [4.69, 9.17) is 4.74 Å². The minimum absolute atomic E-state index is 0.193. The Morgan fingerprint density at radius 3 is 2.94 bits per heavy atom. The second-order valence-electron chi connectivity index (χ2n) is 5.44. The maximum absolute atomic E-state index is 10.3. The second-order valence-corrected chi connectivity index (χ2v) is 5.44. The quantitative estimate of drug-likeness (QED) is 0.860. The topological polar surface area (TPSA) is 29.5 Å². The van der Waals surface area contributed by atoms with Crippen LogP contribution < -0.4 is 4.74 Å². The van der Waals surface area contributed by atoms with Gasteiger partial charge in [0.2, 0.25) is 0 Å². The number of hydrogen-bond acceptors (Lipinski definition) is 2.